The van der Waals surface area contributed by atoms with Crippen molar-refractivity contribution in [2.24, 2.45) is 0 Å². The summed E-state index contributed by atoms with van der Waals surface area (Å²) in [6.07, 6.45) is -0.791. The van der Waals surface area contributed by atoms with Gasteiger partial charge in [-0.3, -0.25) is 4.79 Å². The second kappa shape index (κ2) is 5.28. The van der Waals surface area contributed by atoms with Gasteiger partial charge >= 0.3 is 0 Å². The van der Waals surface area contributed by atoms with Crippen molar-refractivity contribution < 1.29 is 23.1 Å². The first kappa shape index (κ1) is 15.7. The molecule has 1 atom stereocenters. The first-order valence-corrected chi connectivity index (χ1v) is 7.92. The standard InChI is InChI=1S/C13H18N2O5S/c1-8(16)7-14-21(18,19)9-4-5-11-10(6-9)15-12(17)13(2,3)20-11/h4-6,8,14,16H,7H2,1-3H3,(H,15,17)/t8-/m1/s1. The van der Waals surface area contributed by atoms with Gasteiger partial charge in [0.2, 0.25) is 10.0 Å². The molecule has 0 aromatic heterocycles. The highest BCUT2D eigenvalue weighted by Gasteiger charge is 2.35. The van der Waals surface area contributed by atoms with Crippen LogP contribution in [0, 0.1) is 0 Å². The zero-order valence-electron chi connectivity index (χ0n) is 12.0. The summed E-state index contributed by atoms with van der Waals surface area (Å²) in [5.74, 6) is 0.0653. The summed E-state index contributed by atoms with van der Waals surface area (Å²) in [6.45, 7) is 4.64. The molecule has 21 heavy (non-hydrogen) atoms. The number of amides is 1. The second-order valence-corrected chi connectivity index (χ2v) is 7.19. The number of ether oxygens (including phenoxy) is 1. The molecule has 1 heterocycles. The number of hydrogen-bond acceptors (Lipinski definition) is 5. The molecule has 0 saturated heterocycles. The van der Waals surface area contributed by atoms with Gasteiger partial charge in [-0.05, 0) is 39.0 Å². The number of sulfonamides is 1. The second-order valence-electron chi connectivity index (χ2n) is 5.43. The van der Waals surface area contributed by atoms with Crippen LogP contribution in [0.4, 0.5) is 5.69 Å². The molecule has 0 saturated carbocycles. The van der Waals surface area contributed by atoms with E-state index in [1.54, 1.807) is 13.8 Å². The number of hydrogen-bond donors (Lipinski definition) is 3. The average molecular weight is 314 g/mol. The summed E-state index contributed by atoms with van der Waals surface area (Å²) in [5.41, 5.74) is -0.697. The fraction of sp³-hybridized carbons (Fsp3) is 0.462. The molecule has 1 aliphatic rings. The van der Waals surface area contributed by atoms with E-state index in [1.807, 2.05) is 0 Å². The Morgan fingerprint density at radius 2 is 2.10 bits per heavy atom. The molecule has 1 aliphatic heterocycles. The molecule has 0 bridgehead atoms. The Labute approximate surface area is 123 Å². The largest absolute Gasteiger partial charge is 0.476 e. The highest BCUT2D eigenvalue weighted by Crippen LogP contribution is 2.35. The Hall–Kier alpha value is -1.64. The zero-order valence-corrected chi connectivity index (χ0v) is 12.8. The molecule has 0 radical (unpaired) electrons. The van der Waals surface area contributed by atoms with Crippen molar-refractivity contribution in [2.45, 2.75) is 37.4 Å². The van der Waals surface area contributed by atoms with Crippen molar-refractivity contribution in [3.8, 4) is 5.75 Å². The summed E-state index contributed by atoms with van der Waals surface area (Å²) in [5, 5.41) is 11.8. The van der Waals surface area contributed by atoms with Gasteiger partial charge in [-0.15, -0.1) is 0 Å². The van der Waals surface area contributed by atoms with E-state index in [-0.39, 0.29) is 17.3 Å². The number of rotatable bonds is 4. The lowest BCUT2D eigenvalue weighted by atomic mass is 10.1. The van der Waals surface area contributed by atoms with Gasteiger partial charge in [-0.2, -0.15) is 0 Å². The van der Waals surface area contributed by atoms with Crippen LogP contribution < -0.4 is 14.8 Å². The maximum Gasteiger partial charge on any atom is 0.268 e. The molecule has 0 aliphatic carbocycles. The number of carbonyl (C=O) groups is 1. The van der Waals surface area contributed by atoms with Crippen LogP contribution >= 0.6 is 0 Å². The van der Waals surface area contributed by atoms with Crippen molar-refractivity contribution in [3.63, 3.8) is 0 Å². The van der Waals surface area contributed by atoms with E-state index in [2.05, 4.69) is 10.0 Å². The quantitative estimate of drug-likeness (QED) is 0.748. The molecule has 3 N–H and O–H groups in total. The number of benzene rings is 1. The van der Waals surface area contributed by atoms with E-state index in [9.17, 15) is 13.2 Å². The topological polar surface area (TPSA) is 105 Å². The Kier molecular flexibility index (Phi) is 3.96. The van der Waals surface area contributed by atoms with Crippen molar-refractivity contribution in [1.82, 2.24) is 4.72 Å². The van der Waals surface area contributed by atoms with Crippen LogP contribution in [-0.4, -0.2) is 37.7 Å². The van der Waals surface area contributed by atoms with E-state index in [0.29, 0.717) is 11.4 Å². The molecular weight excluding hydrogens is 296 g/mol. The fourth-order valence-electron chi connectivity index (χ4n) is 1.77. The molecule has 116 valence electrons. The molecule has 2 rings (SSSR count). The lowest BCUT2D eigenvalue weighted by molar-refractivity contribution is -0.129. The Morgan fingerprint density at radius 1 is 1.43 bits per heavy atom. The van der Waals surface area contributed by atoms with E-state index in [1.165, 1.54) is 25.1 Å². The van der Waals surface area contributed by atoms with Gasteiger partial charge < -0.3 is 15.2 Å². The number of anilines is 1. The molecule has 8 heteroatoms. The number of carbonyl (C=O) groups excluding carboxylic acids is 1. The van der Waals surface area contributed by atoms with Crippen LogP contribution in [0.1, 0.15) is 20.8 Å². The van der Waals surface area contributed by atoms with Gasteiger partial charge in [0.25, 0.3) is 5.91 Å². The number of fused-ring (bicyclic) bond motifs is 1. The lowest BCUT2D eigenvalue weighted by Gasteiger charge is -2.31. The van der Waals surface area contributed by atoms with E-state index in [0.717, 1.165) is 0 Å². The Balaban J connectivity index is 2.30. The minimum atomic E-state index is -3.75. The molecule has 0 spiro atoms. The molecule has 7 nitrogen and oxygen atoms in total. The predicted molar refractivity (Wildman–Crippen MR) is 76.6 cm³/mol. The van der Waals surface area contributed by atoms with Crippen molar-refractivity contribution in [3.05, 3.63) is 18.2 Å². The fourth-order valence-corrected chi connectivity index (χ4v) is 2.92. The van der Waals surface area contributed by atoms with Gasteiger partial charge in [-0.1, -0.05) is 0 Å². The van der Waals surface area contributed by atoms with E-state index in [4.69, 9.17) is 9.84 Å². The maximum absolute atomic E-state index is 12.1. The molecule has 1 aromatic rings. The molecular formula is C13H18N2O5S. The summed E-state index contributed by atoms with van der Waals surface area (Å²) >= 11 is 0. The van der Waals surface area contributed by atoms with Gasteiger partial charge in [0.1, 0.15) is 5.75 Å². The lowest BCUT2D eigenvalue weighted by Crippen LogP contribution is -2.45. The van der Waals surface area contributed by atoms with Crippen LogP contribution in [0.2, 0.25) is 0 Å². The normalized spacial score (nSPS) is 18.4. The number of nitrogens with one attached hydrogen (secondary N) is 2. The minimum Gasteiger partial charge on any atom is -0.476 e. The van der Waals surface area contributed by atoms with Crippen molar-refractivity contribution >= 4 is 21.6 Å². The van der Waals surface area contributed by atoms with Crippen LogP contribution in [-0.2, 0) is 14.8 Å². The number of aliphatic hydroxyl groups excluding tert-OH is 1. The molecule has 1 aromatic carbocycles. The Bertz CT molecular complexity index is 667. The third kappa shape index (κ3) is 3.34. The first-order valence-electron chi connectivity index (χ1n) is 6.44. The van der Waals surface area contributed by atoms with Crippen molar-refractivity contribution in [1.29, 1.82) is 0 Å². The van der Waals surface area contributed by atoms with Crippen LogP contribution in [0.3, 0.4) is 0 Å². The summed E-state index contributed by atoms with van der Waals surface area (Å²) < 4.78 is 31.9. The molecule has 1 amide bonds. The van der Waals surface area contributed by atoms with Gasteiger partial charge in [0.05, 0.1) is 16.7 Å². The molecule has 0 unspecified atom stereocenters. The van der Waals surface area contributed by atoms with Gasteiger partial charge in [0.15, 0.2) is 5.60 Å². The van der Waals surface area contributed by atoms with Crippen LogP contribution in [0.25, 0.3) is 0 Å². The van der Waals surface area contributed by atoms with Crippen molar-refractivity contribution in [2.75, 3.05) is 11.9 Å². The third-order valence-electron chi connectivity index (χ3n) is 2.99. The highest BCUT2D eigenvalue weighted by atomic mass is 32.2. The highest BCUT2D eigenvalue weighted by molar-refractivity contribution is 7.89. The minimum absolute atomic E-state index is 0.00879. The zero-order chi connectivity index (χ0) is 15.8. The van der Waals surface area contributed by atoms with E-state index < -0.39 is 21.7 Å². The SMILES string of the molecule is C[C@@H](O)CNS(=O)(=O)c1ccc2c(c1)NC(=O)C(C)(C)O2. The smallest absolute Gasteiger partial charge is 0.268 e. The van der Waals surface area contributed by atoms with Gasteiger partial charge in [-0.25, -0.2) is 13.1 Å². The van der Waals surface area contributed by atoms with E-state index >= 15 is 0 Å². The summed E-state index contributed by atoms with van der Waals surface area (Å²) in [7, 11) is -3.75. The third-order valence-corrected chi connectivity index (χ3v) is 4.41. The average Bonchev–Trinajstić information content (AvgIpc) is 2.37. The summed E-state index contributed by atoms with van der Waals surface area (Å²) in [6, 6.07) is 4.21. The van der Waals surface area contributed by atoms with Crippen LogP contribution in [0.5, 0.6) is 5.75 Å². The summed E-state index contributed by atoms with van der Waals surface area (Å²) in [4.78, 5) is 11.8. The maximum atomic E-state index is 12.1. The first-order chi connectivity index (χ1) is 9.62. The Morgan fingerprint density at radius 3 is 2.71 bits per heavy atom. The monoisotopic (exact) mass is 314 g/mol. The van der Waals surface area contributed by atoms with Gasteiger partial charge in [0, 0.05) is 6.54 Å². The molecule has 0 fully saturated rings. The van der Waals surface area contributed by atoms with Crippen LogP contribution in [0.15, 0.2) is 23.1 Å². The number of aliphatic hydroxyl groups is 1. The predicted octanol–water partition coefficient (Wildman–Crippen LogP) is 0.455.